The zero-order valence-electron chi connectivity index (χ0n) is 10.6. The van der Waals surface area contributed by atoms with E-state index < -0.39 is 0 Å². The van der Waals surface area contributed by atoms with Crippen molar-refractivity contribution in [3.05, 3.63) is 0 Å². The van der Waals surface area contributed by atoms with Gasteiger partial charge in [-0.05, 0) is 0 Å². The minimum absolute atomic E-state index is 0.0698. The van der Waals surface area contributed by atoms with Gasteiger partial charge in [0.05, 0.1) is 0 Å². The molecule has 0 spiro atoms. The van der Waals surface area contributed by atoms with E-state index in [1.807, 2.05) is 0 Å². The van der Waals surface area contributed by atoms with E-state index in [0.717, 1.165) is 25.7 Å². The Balaban J connectivity index is 1.66. The van der Waals surface area contributed by atoms with Crippen molar-refractivity contribution in [2.24, 2.45) is 0 Å². The van der Waals surface area contributed by atoms with Crippen molar-refractivity contribution in [2.45, 2.75) is 65.1 Å². The van der Waals surface area contributed by atoms with Gasteiger partial charge in [0.15, 0.2) is 0 Å². The number of nitrogens with one attached hydrogen (secondary N) is 2. The molecule has 2 unspecified atom stereocenters. The third kappa shape index (κ3) is 2.67. The minimum atomic E-state index is -0.218. The Bertz CT molecular complexity index is 331. The molecule has 2 atom stereocenters. The summed E-state index contributed by atoms with van der Waals surface area (Å²) in [5, 5.41) is 0. The number of carbonyl (C=O) groups is 1. The monoisotopic (exact) mass is 478 g/mol. The van der Waals surface area contributed by atoms with Crippen LogP contribution in [0.4, 0.5) is 0 Å². The molecule has 3 fully saturated rings. The quantitative estimate of drug-likeness (QED) is 0.104. The fourth-order valence-electron chi connectivity index (χ4n) is 2.83. The van der Waals surface area contributed by atoms with Crippen LogP contribution in [0.5, 0.6) is 0 Å². The number of esters is 1. The van der Waals surface area contributed by atoms with Crippen molar-refractivity contribution in [2.75, 3.05) is 0 Å². The number of carbonyl (C=O) groups excluding carboxylic acids is 1. The molecule has 3 aliphatic rings. The molecule has 2 heterocycles. The maximum absolute atomic E-state index is 12.5. The van der Waals surface area contributed by atoms with Crippen molar-refractivity contribution in [3.8, 4) is 0 Å². The molecule has 6 heteroatoms. The average molecular weight is 478 g/mol. The van der Waals surface area contributed by atoms with E-state index >= 15 is 0 Å². The second-order valence-corrected chi connectivity index (χ2v) is 10.6. The van der Waals surface area contributed by atoms with Crippen LogP contribution in [0.3, 0.4) is 0 Å². The van der Waals surface area contributed by atoms with Crippen LogP contribution in [0.2, 0.25) is 0 Å². The second kappa shape index (κ2) is 5.33. The summed E-state index contributed by atoms with van der Waals surface area (Å²) in [7, 11) is 0. The van der Waals surface area contributed by atoms with Gasteiger partial charge in [-0.2, -0.15) is 0 Å². The summed E-state index contributed by atoms with van der Waals surface area (Å²) in [6, 6.07) is 0. The molecule has 0 aromatic carbocycles. The van der Waals surface area contributed by atoms with Crippen LogP contribution < -0.4 is 50.0 Å². The standard InChI is InChI=1S/C12H20I2N2O2/c1-2-6-11(7-4-3-5-8-11)18-10(17)12(14-16-12)9-13-15-9/h9,15-16H,2-8H2,1H3/q-2. The summed E-state index contributed by atoms with van der Waals surface area (Å²) in [6.45, 7) is 2.19. The Morgan fingerprint density at radius 1 is 1.39 bits per heavy atom. The van der Waals surface area contributed by atoms with Crippen LogP contribution in [0.1, 0.15) is 51.9 Å². The Morgan fingerprint density at radius 3 is 2.56 bits per heavy atom. The van der Waals surface area contributed by atoms with E-state index in [-0.39, 0.29) is 58.1 Å². The van der Waals surface area contributed by atoms with Gasteiger partial charge in [0.2, 0.25) is 0 Å². The molecule has 0 radical (unpaired) electrons. The van der Waals surface area contributed by atoms with E-state index in [4.69, 9.17) is 4.74 Å². The van der Waals surface area contributed by atoms with Gasteiger partial charge in [-0.25, -0.2) is 0 Å². The molecule has 0 amide bonds. The molecular formula is C12H20I2N2O2-2. The van der Waals surface area contributed by atoms with E-state index in [9.17, 15) is 4.79 Å². The summed E-state index contributed by atoms with van der Waals surface area (Å²) >= 11 is -0.0742. The first-order valence-electron chi connectivity index (χ1n) is 6.74. The first kappa shape index (κ1) is 13.8. The Morgan fingerprint density at radius 2 is 2.06 bits per heavy atom. The average Bonchev–Trinajstić information content (AvgIpc) is 3.22. The number of ether oxygens (including phenoxy) is 1. The molecule has 2 saturated heterocycles. The molecule has 4 nitrogen and oxygen atoms in total. The van der Waals surface area contributed by atoms with Crippen LogP contribution in [0.25, 0.3) is 0 Å². The first-order chi connectivity index (χ1) is 8.71. The van der Waals surface area contributed by atoms with Gasteiger partial charge in [-0.15, -0.1) is 0 Å². The summed E-state index contributed by atoms with van der Waals surface area (Å²) < 4.78 is 13.0. The van der Waals surface area contributed by atoms with Crippen LogP contribution in [0.15, 0.2) is 0 Å². The predicted molar refractivity (Wildman–Crippen MR) is 59.6 cm³/mol. The summed E-state index contributed by atoms with van der Waals surface area (Å²) in [5.41, 5.74) is -0.127. The summed E-state index contributed by atoms with van der Waals surface area (Å²) in [4.78, 5) is 12.5. The van der Waals surface area contributed by atoms with E-state index in [2.05, 4.69) is 14.0 Å². The molecule has 1 saturated carbocycles. The molecule has 0 aromatic rings. The van der Waals surface area contributed by atoms with E-state index in [1.165, 1.54) is 19.3 Å². The van der Waals surface area contributed by atoms with Crippen LogP contribution in [-0.2, 0) is 9.53 Å². The number of hydrogen-bond donors (Lipinski definition) is 2. The van der Waals surface area contributed by atoms with Gasteiger partial charge in [0.1, 0.15) is 0 Å². The van der Waals surface area contributed by atoms with Crippen molar-refractivity contribution in [3.63, 3.8) is 0 Å². The summed E-state index contributed by atoms with van der Waals surface area (Å²) in [6.07, 6.45) is 8.05. The number of halogens is 2. The van der Waals surface area contributed by atoms with Crippen molar-refractivity contribution >= 4 is 5.97 Å². The normalized spacial score (nSPS) is 37.9. The topological polar surface area (TPSA) is 70.2 Å². The van der Waals surface area contributed by atoms with Gasteiger partial charge in [-0.3, -0.25) is 0 Å². The molecule has 2 aliphatic heterocycles. The number of hydrogen-bond acceptors (Lipinski definition) is 4. The molecule has 0 bridgehead atoms. The van der Waals surface area contributed by atoms with Gasteiger partial charge in [0, 0.05) is 0 Å². The summed E-state index contributed by atoms with van der Waals surface area (Å²) in [5.74, 6) is 0.0698. The third-order valence-electron chi connectivity index (χ3n) is 3.94. The third-order valence-corrected chi connectivity index (χ3v) is 10.1. The molecule has 0 aromatic heterocycles. The van der Waals surface area contributed by atoms with Crippen molar-refractivity contribution in [1.29, 1.82) is 0 Å². The van der Waals surface area contributed by atoms with Crippen LogP contribution >= 0.6 is 0 Å². The van der Waals surface area contributed by atoms with Crippen LogP contribution in [0, 0.1) is 0 Å². The molecule has 2 N–H and O–H groups in total. The van der Waals surface area contributed by atoms with E-state index in [1.54, 1.807) is 0 Å². The number of rotatable bonds is 5. The zero-order valence-corrected chi connectivity index (χ0v) is 14.9. The van der Waals surface area contributed by atoms with Crippen LogP contribution in [-0.4, -0.2) is 19.2 Å². The van der Waals surface area contributed by atoms with Gasteiger partial charge in [0.25, 0.3) is 0 Å². The first-order valence-corrected chi connectivity index (χ1v) is 11.2. The Kier molecular flexibility index (Phi) is 4.09. The second-order valence-electron chi connectivity index (χ2n) is 5.36. The molecule has 106 valence electrons. The van der Waals surface area contributed by atoms with Crippen molar-refractivity contribution in [1.82, 2.24) is 7.06 Å². The maximum atomic E-state index is 12.5. The fraction of sp³-hybridized carbons (Fsp3) is 0.917. The Labute approximate surface area is 130 Å². The molecular weight excluding hydrogens is 458 g/mol. The molecule has 3 rings (SSSR count). The van der Waals surface area contributed by atoms with Gasteiger partial charge in [-0.1, -0.05) is 0 Å². The SMILES string of the molecule is CCCC1(OC(=O)C2(C3N[I-]3)N[I-]2)CCCCC1. The zero-order chi connectivity index (χ0) is 12.6. The predicted octanol–water partition coefficient (Wildman–Crippen LogP) is -4.73. The molecule has 1 aliphatic carbocycles. The molecule has 18 heavy (non-hydrogen) atoms. The van der Waals surface area contributed by atoms with Crippen molar-refractivity contribution < 1.29 is 52.5 Å². The van der Waals surface area contributed by atoms with Gasteiger partial charge < -0.3 is 0 Å². The number of alkyl halides is 2. The van der Waals surface area contributed by atoms with Gasteiger partial charge >= 0.3 is 131 Å². The van der Waals surface area contributed by atoms with E-state index in [0.29, 0.717) is 4.05 Å². The fourth-order valence-corrected chi connectivity index (χ4v) is 8.67. The Hall–Kier alpha value is 0.850.